The lowest BCUT2D eigenvalue weighted by Gasteiger charge is -1.92. The predicted octanol–water partition coefficient (Wildman–Crippen LogP) is 1.05. The van der Waals surface area contributed by atoms with E-state index in [1.807, 2.05) is 0 Å². The molecule has 0 spiro atoms. The van der Waals surface area contributed by atoms with Crippen LogP contribution in [0.1, 0.15) is 0 Å². The van der Waals surface area contributed by atoms with Gasteiger partial charge in [0.25, 0.3) is 0 Å². The van der Waals surface area contributed by atoms with Gasteiger partial charge in [0.1, 0.15) is 0 Å². The number of benzene rings is 1. The lowest BCUT2D eigenvalue weighted by atomic mass is 10.4. The fraction of sp³-hybridized carbons (Fsp3) is 0. The summed E-state index contributed by atoms with van der Waals surface area (Å²) >= 11 is 0. The Bertz CT molecular complexity index is 207. The molecule has 0 amide bonds. The molecular formula is C6H6F2Si. The Kier molecular flexibility index (Phi) is 1.55. The van der Waals surface area contributed by atoms with Crippen molar-refractivity contribution in [3.63, 3.8) is 0 Å². The summed E-state index contributed by atoms with van der Waals surface area (Å²) < 4.78 is 31.0. The molecule has 48 valence electrons. The van der Waals surface area contributed by atoms with Crippen LogP contribution in [0.15, 0.2) is 30.3 Å². The summed E-state index contributed by atoms with van der Waals surface area (Å²) in [6, 6.07) is 7.28. The molecule has 0 aliphatic carbocycles. The van der Waals surface area contributed by atoms with Gasteiger partial charge < -0.3 is 0 Å². The molecule has 0 saturated carbocycles. The van der Waals surface area contributed by atoms with Gasteiger partial charge in [-0.1, -0.05) is 30.3 Å². The normalized spacial score (nSPS) is 12.9. The van der Waals surface area contributed by atoms with Crippen LogP contribution in [-0.2, 0) is 0 Å². The van der Waals surface area contributed by atoms with Crippen LogP contribution in [0.5, 0.6) is 0 Å². The van der Waals surface area contributed by atoms with Crippen molar-refractivity contribution in [3.8, 4) is 0 Å². The largest absolute Gasteiger partial charge is 0.441 e. The molecule has 0 N–H and O–H groups in total. The monoisotopic (exact) mass is 145 g/mol. The molecule has 0 radical (unpaired) electrons. The van der Waals surface area contributed by atoms with Crippen LogP contribution >= 0.6 is 0 Å². The Morgan fingerprint density at radius 2 is 1.78 bits per heavy atom. The fourth-order valence-corrected chi connectivity index (χ4v) is 1.01. The quantitative estimate of drug-likeness (QED) is 0.409. The molecule has 0 aliphatic rings. The SMILES string of the molecule is [2H][Si](F)(F)c1ccccc1. The average Bonchev–Trinajstić information content (AvgIpc) is 1.88. The van der Waals surface area contributed by atoms with Crippen LogP contribution in [0.4, 0.5) is 8.22 Å². The summed E-state index contributed by atoms with van der Waals surface area (Å²) in [5.74, 6) is 0. The Morgan fingerprint density at radius 1 is 1.22 bits per heavy atom. The molecule has 0 fully saturated rings. The summed E-state index contributed by atoms with van der Waals surface area (Å²) in [6.45, 7) is 0. The number of hydrogen-bond donors (Lipinski definition) is 0. The molecule has 0 aromatic heterocycles. The van der Waals surface area contributed by atoms with Crippen molar-refractivity contribution in [2.24, 2.45) is 0 Å². The van der Waals surface area contributed by atoms with Gasteiger partial charge in [0, 0.05) is 0 Å². The fourth-order valence-electron chi connectivity index (χ4n) is 0.564. The van der Waals surface area contributed by atoms with Crippen LogP contribution in [0.25, 0.3) is 0 Å². The second-order valence-corrected chi connectivity index (χ2v) is 2.72. The van der Waals surface area contributed by atoms with Gasteiger partial charge in [0.05, 0.1) is 1.23 Å². The Labute approximate surface area is 55.3 Å². The summed E-state index contributed by atoms with van der Waals surface area (Å²) in [5.41, 5.74) is 0. The van der Waals surface area contributed by atoms with Crippen molar-refractivity contribution in [1.29, 1.82) is 1.23 Å². The summed E-state index contributed by atoms with van der Waals surface area (Å²) in [4.78, 5) is 0. The standard InChI is InChI=1S/C6H6F2Si/c7-9(8)6-4-2-1-3-5-6/h1-5,9H/i9D. The molecule has 1 aromatic rings. The van der Waals surface area contributed by atoms with Gasteiger partial charge in [-0.3, -0.25) is 8.22 Å². The number of halogens is 2. The third-order valence-corrected chi connectivity index (χ3v) is 1.76. The third-order valence-electron chi connectivity index (χ3n) is 0.992. The lowest BCUT2D eigenvalue weighted by molar-refractivity contribution is 0.685. The zero-order valence-corrected chi connectivity index (χ0v) is 5.64. The van der Waals surface area contributed by atoms with Gasteiger partial charge in [0.15, 0.2) is 0 Å². The van der Waals surface area contributed by atoms with E-state index in [1.54, 1.807) is 6.07 Å². The number of hydrogen-bond acceptors (Lipinski definition) is 0. The van der Waals surface area contributed by atoms with E-state index in [0.717, 1.165) is 0 Å². The maximum atomic E-state index is 12.3. The zero-order chi connectivity index (χ0) is 7.61. The Hall–Kier alpha value is -0.703. The van der Waals surface area contributed by atoms with Crippen LogP contribution in [0.3, 0.4) is 0 Å². The van der Waals surface area contributed by atoms with Crippen molar-refractivity contribution in [3.05, 3.63) is 30.3 Å². The van der Waals surface area contributed by atoms with Gasteiger partial charge in [-0.25, -0.2) is 0 Å². The minimum Gasteiger partial charge on any atom is -0.269 e. The lowest BCUT2D eigenvalue weighted by Crippen LogP contribution is -2.18. The van der Waals surface area contributed by atoms with Crippen molar-refractivity contribution < 1.29 is 8.22 Å². The van der Waals surface area contributed by atoms with E-state index in [4.69, 9.17) is 1.23 Å². The minimum absolute atomic E-state index is 0.130. The van der Waals surface area contributed by atoms with Gasteiger partial charge in [-0.15, -0.1) is 0 Å². The van der Waals surface area contributed by atoms with Crippen molar-refractivity contribution in [1.82, 2.24) is 0 Å². The van der Waals surface area contributed by atoms with Crippen LogP contribution in [-0.4, -0.2) is 10.6 Å². The second kappa shape index (κ2) is 2.73. The highest BCUT2D eigenvalue weighted by molar-refractivity contribution is 6.59. The first-order valence-electron chi connectivity index (χ1n) is 3.04. The topological polar surface area (TPSA) is 0 Å². The summed E-state index contributed by atoms with van der Waals surface area (Å²) in [6.07, 6.45) is 0. The van der Waals surface area contributed by atoms with E-state index < -0.39 is 9.40 Å². The van der Waals surface area contributed by atoms with E-state index in [-0.39, 0.29) is 5.19 Å². The molecule has 0 aliphatic heterocycles. The highest BCUT2D eigenvalue weighted by Gasteiger charge is 2.08. The third kappa shape index (κ3) is 1.60. The van der Waals surface area contributed by atoms with Gasteiger partial charge in [-0.05, 0) is 5.19 Å². The Balaban J connectivity index is 2.97. The predicted molar refractivity (Wildman–Crippen MR) is 35.4 cm³/mol. The molecule has 0 unspecified atom stereocenters. The average molecular weight is 145 g/mol. The zero-order valence-electron chi connectivity index (χ0n) is 5.64. The van der Waals surface area contributed by atoms with Crippen molar-refractivity contribution >= 4 is 14.6 Å². The number of rotatable bonds is 1. The van der Waals surface area contributed by atoms with Crippen LogP contribution in [0.2, 0.25) is 0 Å². The minimum atomic E-state index is -4.78. The smallest absolute Gasteiger partial charge is 0.269 e. The molecule has 9 heavy (non-hydrogen) atoms. The first kappa shape index (κ1) is 5.11. The molecule has 0 saturated heterocycles. The highest BCUT2D eigenvalue weighted by Crippen LogP contribution is 1.89. The van der Waals surface area contributed by atoms with E-state index in [9.17, 15) is 8.22 Å². The maximum Gasteiger partial charge on any atom is 0.441 e. The van der Waals surface area contributed by atoms with Crippen LogP contribution < -0.4 is 5.19 Å². The summed E-state index contributed by atoms with van der Waals surface area (Å²) in [7, 11) is -4.78. The molecule has 0 heterocycles. The Morgan fingerprint density at radius 3 is 2.11 bits per heavy atom. The first-order valence-corrected chi connectivity index (χ1v) is 3.79. The summed E-state index contributed by atoms with van der Waals surface area (Å²) in [5, 5.41) is -0.130. The van der Waals surface area contributed by atoms with E-state index in [2.05, 4.69) is 0 Å². The molecule has 0 bridgehead atoms. The van der Waals surface area contributed by atoms with Gasteiger partial charge in [0.2, 0.25) is 0 Å². The molecule has 3 heteroatoms. The van der Waals surface area contributed by atoms with E-state index >= 15 is 0 Å². The van der Waals surface area contributed by atoms with Crippen molar-refractivity contribution in [2.75, 3.05) is 0 Å². The maximum absolute atomic E-state index is 12.3. The van der Waals surface area contributed by atoms with Crippen LogP contribution in [0, 0.1) is 0 Å². The molecule has 1 rings (SSSR count). The molecular weight excluding hydrogens is 138 g/mol. The molecule has 0 atom stereocenters. The van der Waals surface area contributed by atoms with E-state index in [1.165, 1.54) is 24.3 Å². The highest BCUT2D eigenvalue weighted by atomic mass is 28.4. The molecule has 0 nitrogen and oxygen atoms in total. The second-order valence-electron chi connectivity index (χ2n) is 1.63. The van der Waals surface area contributed by atoms with Crippen molar-refractivity contribution in [2.45, 2.75) is 0 Å². The first-order chi connectivity index (χ1) is 4.61. The van der Waals surface area contributed by atoms with Gasteiger partial charge in [-0.2, -0.15) is 0 Å². The molecule has 1 aromatic carbocycles. The van der Waals surface area contributed by atoms with E-state index in [0.29, 0.717) is 0 Å². The van der Waals surface area contributed by atoms with Gasteiger partial charge >= 0.3 is 9.40 Å².